The van der Waals surface area contributed by atoms with Gasteiger partial charge in [-0.15, -0.1) is 0 Å². The van der Waals surface area contributed by atoms with Gasteiger partial charge in [0.15, 0.2) is 5.82 Å². The maximum Gasteiger partial charge on any atom is 0.217 e. The summed E-state index contributed by atoms with van der Waals surface area (Å²) in [6.07, 6.45) is 10.9. The van der Waals surface area contributed by atoms with E-state index in [-0.39, 0.29) is 5.91 Å². The molecule has 1 heterocycles. The predicted molar refractivity (Wildman–Crippen MR) is 125 cm³/mol. The average Bonchev–Trinajstić information content (AvgIpc) is 2.81. The van der Waals surface area contributed by atoms with E-state index < -0.39 is 0 Å². The zero-order valence-electron chi connectivity index (χ0n) is 18.2. The molecule has 0 saturated carbocycles. The lowest BCUT2D eigenvalue weighted by Gasteiger charge is -2.08. The lowest BCUT2D eigenvalue weighted by atomic mass is 10.1. The van der Waals surface area contributed by atoms with Crippen LogP contribution in [0.1, 0.15) is 51.0 Å². The highest BCUT2D eigenvalue weighted by Crippen LogP contribution is 2.23. The van der Waals surface area contributed by atoms with Crippen LogP contribution in [0.25, 0.3) is 22.5 Å². The third-order valence-electron chi connectivity index (χ3n) is 5.23. The Bertz CT molecular complexity index is 936. The van der Waals surface area contributed by atoms with Crippen molar-refractivity contribution >= 4 is 5.91 Å². The van der Waals surface area contributed by atoms with E-state index in [1.54, 1.807) is 0 Å². The summed E-state index contributed by atoms with van der Waals surface area (Å²) in [4.78, 5) is 20.0. The van der Waals surface area contributed by atoms with Gasteiger partial charge in [-0.25, -0.2) is 9.97 Å². The molecule has 3 rings (SSSR count). The van der Waals surface area contributed by atoms with Gasteiger partial charge in [-0.1, -0.05) is 69.0 Å². The van der Waals surface area contributed by atoms with Gasteiger partial charge in [0, 0.05) is 29.9 Å². The molecular formula is C26H31N3O2. The Hall–Kier alpha value is -3.21. The number of carbonyl (C=O) groups is 1. The number of aryl methyl sites for hydroxylation is 1. The molecule has 2 aromatic carbocycles. The van der Waals surface area contributed by atoms with E-state index >= 15 is 0 Å². The highest BCUT2D eigenvalue weighted by molar-refractivity contribution is 5.74. The van der Waals surface area contributed by atoms with E-state index in [4.69, 9.17) is 10.5 Å². The monoisotopic (exact) mass is 417 g/mol. The van der Waals surface area contributed by atoms with E-state index in [1.165, 1.54) is 25.7 Å². The molecule has 0 atom stereocenters. The Morgan fingerprint density at radius 1 is 0.839 bits per heavy atom. The van der Waals surface area contributed by atoms with Crippen LogP contribution in [-0.2, 0) is 11.2 Å². The molecule has 0 radical (unpaired) electrons. The molecule has 3 aromatic rings. The second-order valence-electron chi connectivity index (χ2n) is 7.75. The molecule has 0 aliphatic heterocycles. The van der Waals surface area contributed by atoms with E-state index in [1.807, 2.05) is 60.9 Å². The van der Waals surface area contributed by atoms with E-state index in [9.17, 15) is 4.79 Å². The lowest BCUT2D eigenvalue weighted by molar-refractivity contribution is -0.117. The number of primary amides is 1. The molecule has 0 aliphatic carbocycles. The molecule has 5 nitrogen and oxygen atoms in total. The van der Waals surface area contributed by atoms with Crippen LogP contribution in [-0.4, -0.2) is 22.5 Å². The van der Waals surface area contributed by atoms with Crippen LogP contribution < -0.4 is 10.5 Å². The topological polar surface area (TPSA) is 78.1 Å². The number of nitrogens with zero attached hydrogens (tertiary/aromatic N) is 2. The van der Waals surface area contributed by atoms with Crippen molar-refractivity contribution in [3.8, 4) is 28.3 Å². The number of rotatable bonds is 12. The molecule has 1 aromatic heterocycles. The summed E-state index contributed by atoms with van der Waals surface area (Å²) in [5.74, 6) is 1.28. The Morgan fingerprint density at radius 2 is 1.48 bits per heavy atom. The van der Waals surface area contributed by atoms with Gasteiger partial charge in [-0.3, -0.25) is 4.79 Å². The number of amides is 1. The summed E-state index contributed by atoms with van der Waals surface area (Å²) in [7, 11) is 0. The van der Waals surface area contributed by atoms with Gasteiger partial charge >= 0.3 is 0 Å². The van der Waals surface area contributed by atoms with Crippen molar-refractivity contribution in [2.24, 2.45) is 5.73 Å². The Labute approximate surface area is 184 Å². The SMILES string of the molecule is CCCCCCCOc1ccc(-c2cnc(-c3ccc(CCC(N)=O)cc3)nc2)cc1. The first-order valence-corrected chi connectivity index (χ1v) is 11.1. The van der Waals surface area contributed by atoms with Crippen LogP contribution in [0.4, 0.5) is 0 Å². The summed E-state index contributed by atoms with van der Waals surface area (Å²) >= 11 is 0. The first-order valence-electron chi connectivity index (χ1n) is 11.1. The Kier molecular flexibility index (Phi) is 8.59. The molecule has 2 N–H and O–H groups in total. The number of ether oxygens (including phenoxy) is 1. The summed E-state index contributed by atoms with van der Waals surface area (Å²) in [6.45, 7) is 2.99. The van der Waals surface area contributed by atoms with Crippen LogP contribution in [0.15, 0.2) is 60.9 Å². The average molecular weight is 418 g/mol. The highest BCUT2D eigenvalue weighted by Gasteiger charge is 2.05. The smallest absolute Gasteiger partial charge is 0.217 e. The van der Waals surface area contributed by atoms with Crippen molar-refractivity contribution < 1.29 is 9.53 Å². The van der Waals surface area contributed by atoms with Crippen molar-refractivity contribution in [1.82, 2.24) is 9.97 Å². The maximum atomic E-state index is 10.9. The van der Waals surface area contributed by atoms with Gasteiger partial charge in [0.1, 0.15) is 5.75 Å². The molecule has 0 saturated heterocycles. The molecule has 5 heteroatoms. The number of benzene rings is 2. The molecule has 0 spiro atoms. The highest BCUT2D eigenvalue weighted by atomic mass is 16.5. The number of carbonyl (C=O) groups excluding carboxylic acids is 1. The van der Waals surface area contributed by atoms with Crippen molar-refractivity contribution in [2.45, 2.75) is 51.9 Å². The van der Waals surface area contributed by atoms with E-state index in [0.717, 1.165) is 41.0 Å². The van der Waals surface area contributed by atoms with E-state index in [2.05, 4.69) is 16.9 Å². The van der Waals surface area contributed by atoms with Gasteiger partial charge in [0.2, 0.25) is 5.91 Å². The summed E-state index contributed by atoms with van der Waals surface area (Å²) < 4.78 is 5.84. The Morgan fingerprint density at radius 3 is 2.13 bits per heavy atom. The zero-order chi connectivity index (χ0) is 21.9. The standard InChI is InChI=1S/C26H31N3O2/c1-2-3-4-5-6-17-31-24-14-12-21(13-15-24)23-18-28-26(29-19-23)22-10-7-20(8-11-22)9-16-25(27)30/h7-8,10-15,18-19H,2-6,9,16-17H2,1H3,(H2,27,30). The lowest BCUT2D eigenvalue weighted by Crippen LogP contribution is -2.11. The molecule has 0 aliphatic rings. The largest absolute Gasteiger partial charge is 0.494 e. The van der Waals surface area contributed by atoms with Crippen LogP contribution in [0, 0.1) is 0 Å². The van der Waals surface area contributed by atoms with Gasteiger partial charge in [-0.2, -0.15) is 0 Å². The van der Waals surface area contributed by atoms with Gasteiger partial charge in [0.05, 0.1) is 6.61 Å². The zero-order valence-corrected chi connectivity index (χ0v) is 18.2. The first kappa shape index (κ1) is 22.5. The fraction of sp³-hybridized carbons (Fsp3) is 0.346. The summed E-state index contributed by atoms with van der Waals surface area (Å²) in [5, 5.41) is 0. The molecule has 0 bridgehead atoms. The number of unbranched alkanes of at least 4 members (excludes halogenated alkanes) is 4. The molecule has 0 fully saturated rings. The third kappa shape index (κ3) is 7.21. The number of hydrogen-bond donors (Lipinski definition) is 1. The molecule has 1 amide bonds. The fourth-order valence-corrected chi connectivity index (χ4v) is 3.35. The van der Waals surface area contributed by atoms with Crippen LogP contribution in [0.3, 0.4) is 0 Å². The van der Waals surface area contributed by atoms with Crippen LogP contribution in [0.2, 0.25) is 0 Å². The fourth-order valence-electron chi connectivity index (χ4n) is 3.35. The number of nitrogens with two attached hydrogens (primary N) is 1. The molecular weight excluding hydrogens is 386 g/mol. The van der Waals surface area contributed by atoms with Gasteiger partial charge < -0.3 is 10.5 Å². The first-order chi connectivity index (χ1) is 15.2. The van der Waals surface area contributed by atoms with Crippen LogP contribution >= 0.6 is 0 Å². The van der Waals surface area contributed by atoms with Gasteiger partial charge in [-0.05, 0) is 36.1 Å². The Balaban J connectivity index is 1.54. The maximum absolute atomic E-state index is 10.9. The van der Waals surface area contributed by atoms with Crippen molar-refractivity contribution in [2.75, 3.05) is 6.61 Å². The van der Waals surface area contributed by atoms with Gasteiger partial charge in [0.25, 0.3) is 0 Å². The van der Waals surface area contributed by atoms with E-state index in [0.29, 0.717) is 18.7 Å². The minimum atomic E-state index is -0.287. The summed E-state index contributed by atoms with van der Waals surface area (Å²) in [6, 6.07) is 16.0. The molecule has 162 valence electrons. The number of aromatic nitrogens is 2. The number of hydrogen-bond acceptors (Lipinski definition) is 4. The predicted octanol–water partition coefficient (Wildman–Crippen LogP) is 5.58. The van der Waals surface area contributed by atoms with Crippen molar-refractivity contribution in [3.05, 3.63) is 66.5 Å². The molecule has 0 unspecified atom stereocenters. The summed E-state index contributed by atoms with van der Waals surface area (Å²) in [5.41, 5.74) is 9.25. The van der Waals surface area contributed by atoms with Crippen molar-refractivity contribution in [1.29, 1.82) is 0 Å². The second-order valence-corrected chi connectivity index (χ2v) is 7.75. The molecule has 31 heavy (non-hydrogen) atoms. The third-order valence-corrected chi connectivity index (χ3v) is 5.23. The minimum absolute atomic E-state index is 0.287. The minimum Gasteiger partial charge on any atom is -0.494 e. The normalized spacial score (nSPS) is 10.7. The van der Waals surface area contributed by atoms with Crippen molar-refractivity contribution in [3.63, 3.8) is 0 Å². The second kappa shape index (κ2) is 11.8. The van der Waals surface area contributed by atoms with Crippen LogP contribution in [0.5, 0.6) is 5.75 Å². The quantitative estimate of drug-likeness (QED) is 0.390.